The molecule has 0 bridgehead atoms. The van der Waals surface area contributed by atoms with E-state index >= 15 is 0 Å². The van der Waals surface area contributed by atoms with E-state index in [2.05, 4.69) is 30.5 Å². The molecule has 9 heteroatoms. The first-order valence-electron chi connectivity index (χ1n) is 15.0. The molecule has 0 N–H and O–H groups in total. The smallest absolute Gasteiger partial charge is 0.163 e. The monoisotopic (exact) mass is 636 g/mol. The highest BCUT2D eigenvalue weighted by atomic mass is 35.5. The van der Waals surface area contributed by atoms with Crippen LogP contribution in [0.5, 0.6) is 0 Å². The van der Waals surface area contributed by atoms with Crippen molar-refractivity contribution >= 4 is 49.8 Å². The van der Waals surface area contributed by atoms with Gasteiger partial charge in [-0.2, -0.15) is 5.10 Å². The Morgan fingerprint density at radius 1 is 1.02 bits per heavy atom. The van der Waals surface area contributed by atoms with Gasteiger partial charge in [0.25, 0.3) is 0 Å². The van der Waals surface area contributed by atoms with Gasteiger partial charge >= 0.3 is 0 Å². The van der Waals surface area contributed by atoms with Crippen LogP contribution in [0.15, 0.2) is 73.1 Å². The third-order valence-electron chi connectivity index (χ3n) is 7.98. The van der Waals surface area contributed by atoms with Gasteiger partial charge in [-0.25, -0.2) is 4.98 Å². The normalized spacial score (nSPS) is 14.6. The molecule has 228 valence electrons. The molecule has 3 aromatic carbocycles. The number of hydrogen-bond acceptors (Lipinski definition) is 7. The number of aromatic nitrogens is 4. The van der Waals surface area contributed by atoms with Crippen molar-refractivity contribution in [1.82, 2.24) is 19.7 Å². The van der Waals surface area contributed by atoms with Gasteiger partial charge in [0.05, 0.1) is 46.3 Å². The van der Waals surface area contributed by atoms with E-state index in [9.17, 15) is 4.79 Å². The fraction of sp³-hybridized carbons (Fsp3) is 0.278. The minimum Gasteiger partial charge on any atom is -0.377 e. The molecule has 1 aliphatic rings. The summed E-state index contributed by atoms with van der Waals surface area (Å²) < 4.78 is 14.7. The number of ether oxygens (including phenoxy) is 2. The maximum absolute atomic E-state index is 13.1. The van der Waals surface area contributed by atoms with E-state index in [1.807, 2.05) is 75.0 Å². The average molecular weight is 637 g/mol. The van der Waals surface area contributed by atoms with Crippen molar-refractivity contribution in [3.63, 3.8) is 0 Å². The van der Waals surface area contributed by atoms with Crippen molar-refractivity contribution in [3.05, 3.63) is 89.2 Å². The van der Waals surface area contributed by atoms with Gasteiger partial charge in [-0.05, 0) is 88.2 Å². The number of carbonyl (C=O) groups is 1. The lowest BCUT2D eigenvalue weighted by Gasteiger charge is -2.29. The molecule has 0 unspecified atom stereocenters. The van der Waals surface area contributed by atoms with Crippen LogP contribution in [0, 0.1) is 6.92 Å². The maximum Gasteiger partial charge on any atom is 0.163 e. The summed E-state index contributed by atoms with van der Waals surface area (Å²) in [6.07, 6.45) is 3.18. The van der Waals surface area contributed by atoms with Crippen molar-refractivity contribution in [1.29, 1.82) is 0 Å². The number of aryl methyl sites for hydroxylation is 1. The van der Waals surface area contributed by atoms with Gasteiger partial charge in [0, 0.05) is 45.1 Å². The van der Waals surface area contributed by atoms with Crippen LogP contribution < -0.4 is 0 Å². The number of benzene rings is 3. The van der Waals surface area contributed by atoms with Crippen molar-refractivity contribution in [3.8, 4) is 33.0 Å². The molecule has 0 spiro atoms. The van der Waals surface area contributed by atoms with Crippen molar-refractivity contribution in [2.45, 2.75) is 52.4 Å². The number of Topliss-reactive ketones (excluding diaryl/α,β-unsaturated/α-hetero) is 1. The van der Waals surface area contributed by atoms with Crippen LogP contribution in [0.4, 0.5) is 0 Å². The zero-order chi connectivity index (χ0) is 31.5. The summed E-state index contributed by atoms with van der Waals surface area (Å²) in [6.45, 7) is 10.9. The summed E-state index contributed by atoms with van der Waals surface area (Å²) in [6, 6.07) is 20.4. The largest absolute Gasteiger partial charge is 0.377 e. The third-order valence-corrected chi connectivity index (χ3v) is 9.37. The number of rotatable bonds is 7. The Bertz CT molecular complexity index is 2070. The predicted octanol–water partition coefficient (Wildman–Crippen LogP) is 9.02. The zero-order valence-corrected chi connectivity index (χ0v) is 27.4. The van der Waals surface area contributed by atoms with Crippen molar-refractivity contribution in [2.24, 2.45) is 0 Å². The molecule has 4 heterocycles. The lowest BCUT2D eigenvalue weighted by atomic mass is 9.90. The molecule has 7 nitrogen and oxygen atoms in total. The quantitative estimate of drug-likeness (QED) is 0.174. The molecule has 3 aromatic heterocycles. The van der Waals surface area contributed by atoms with Gasteiger partial charge < -0.3 is 9.47 Å². The van der Waals surface area contributed by atoms with E-state index in [0.717, 1.165) is 65.2 Å². The SMILES string of the molecule is CC(=O)[C@@H](OC(C)(C)C)c1c(C)cc2nc(-c3ccnc(-c4ccc5nn(C6COC6)cc5c4)c3)sc2c1-c1ccc(Cl)cc1. The molecule has 6 aromatic rings. The Kier molecular flexibility index (Phi) is 7.56. The lowest BCUT2D eigenvalue weighted by Crippen LogP contribution is -2.30. The van der Waals surface area contributed by atoms with Crippen LogP contribution in [0.1, 0.15) is 51.0 Å². The first-order valence-corrected chi connectivity index (χ1v) is 16.2. The lowest BCUT2D eigenvalue weighted by molar-refractivity contribution is -0.138. The number of fused-ring (bicyclic) bond motifs is 2. The second-order valence-corrected chi connectivity index (χ2v) is 14.0. The standard InChI is InChI=1S/C36H33ClN4O3S/c1-20-14-30-34(32(22-6-9-26(37)10-7-22)31(20)33(21(2)42)44-36(3,4)5)45-35(39-30)24-12-13-38-29(16-24)23-8-11-28-25(15-23)17-41(40-28)27-18-43-19-27/h6-17,27,33H,18-19H2,1-5H3/t33-/m1/s1. The van der Waals surface area contributed by atoms with E-state index in [4.69, 9.17) is 36.1 Å². The van der Waals surface area contributed by atoms with E-state index < -0.39 is 11.7 Å². The van der Waals surface area contributed by atoms with Gasteiger partial charge in [0.15, 0.2) is 5.78 Å². The fourth-order valence-electron chi connectivity index (χ4n) is 5.76. The second-order valence-electron chi connectivity index (χ2n) is 12.6. The van der Waals surface area contributed by atoms with Crippen LogP contribution in [-0.4, -0.2) is 44.3 Å². The van der Waals surface area contributed by atoms with Gasteiger partial charge in [-0.3, -0.25) is 14.5 Å². The topological polar surface area (TPSA) is 79.1 Å². The van der Waals surface area contributed by atoms with Crippen molar-refractivity contribution in [2.75, 3.05) is 13.2 Å². The van der Waals surface area contributed by atoms with Crippen LogP contribution in [0.25, 0.3) is 54.1 Å². The van der Waals surface area contributed by atoms with Crippen LogP contribution in [-0.2, 0) is 14.3 Å². The molecular weight excluding hydrogens is 604 g/mol. The Balaban J connectivity index is 1.34. The molecule has 0 saturated carbocycles. The molecule has 0 radical (unpaired) electrons. The van der Waals surface area contributed by atoms with Crippen LogP contribution in [0.2, 0.25) is 5.02 Å². The number of halogens is 1. The number of thiazole rings is 1. The van der Waals surface area contributed by atoms with Gasteiger partial charge in [0.1, 0.15) is 11.1 Å². The van der Waals surface area contributed by atoms with Gasteiger partial charge in [0.2, 0.25) is 0 Å². The Morgan fingerprint density at radius 2 is 1.78 bits per heavy atom. The molecule has 45 heavy (non-hydrogen) atoms. The summed E-state index contributed by atoms with van der Waals surface area (Å²) >= 11 is 7.89. The van der Waals surface area contributed by atoms with E-state index in [-0.39, 0.29) is 5.78 Å². The Labute approximate surface area is 270 Å². The highest BCUT2D eigenvalue weighted by molar-refractivity contribution is 7.22. The number of nitrogens with zero attached hydrogens (tertiary/aromatic N) is 4. The molecule has 7 rings (SSSR count). The maximum atomic E-state index is 13.1. The highest BCUT2D eigenvalue weighted by Gasteiger charge is 2.30. The average Bonchev–Trinajstić information content (AvgIpc) is 3.58. The highest BCUT2D eigenvalue weighted by Crippen LogP contribution is 2.44. The van der Waals surface area contributed by atoms with Crippen LogP contribution in [0.3, 0.4) is 0 Å². The summed E-state index contributed by atoms with van der Waals surface area (Å²) in [5.74, 6) is -0.0466. The van der Waals surface area contributed by atoms with Gasteiger partial charge in [-0.1, -0.05) is 29.8 Å². The van der Waals surface area contributed by atoms with Crippen LogP contribution >= 0.6 is 22.9 Å². The minimum absolute atomic E-state index is 0.0466. The summed E-state index contributed by atoms with van der Waals surface area (Å²) in [7, 11) is 0. The summed E-state index contributed by atoms with van der Waals surface area (Å²) in [5, 5.41) is 7.31. The minimum atomic E-state index is -0.728. The van der Waals surface area contributed by atoms with Gasteiger partial charge in [-0.15, -0.1) is 11.3 Å². The molecule has 1 aliphatic heterocycles. The Hall–Kier alpha value is -3.95. The molecule has 1 fully saturated rings. The molecule has 1 saturated heterocycles. The summed E-state index contributed by atoms with van der Waals surface area (Å²) in [5.41, 5.74) is 7.86. The molecule has 1 atom stereocenters. The second kappa shape index (κ2) is 11.4. The number of pyridine rings is 1. The predicted molar refractivity (Wildman–Crippen MR) is 181 cm³/mol. The number of hydrogen-bond donors (Lipinski definition) is 0. The van der Waals surface area contributed by atoms with E-state index in [1.165, 1.54) is 0 Å². The summed E-state index contributed by atoms with van der Waals surface area (Å²) in [4.78, 5) is 22.9. The fourth-order valence-corrected chi connectivity index (χ4v) is 7.01. The molecular formula is C36H33ClN4O3S. The molecule has 0 aliphatic carbocycles. The third kappa shape index (κ3) is 5.79. The number of ketones is 1. The first kappa shape index (κ1) is 29.7. The van der Waals surface area contributed by atoms with Crippen molar-refractivity contribution < 1.29 is 14.3 Å². The molecule has 0 amide bonds. The Morgan fingerprint density at radius 3 is 2.47 bits per heavy atom. The number of carbonyl (C=O) groups excluding carboxylic acids is 1. The van der Waals surface area contributed by atoms with E-state index in [1.54, 1.807) is 18.3 Å². The first-order chi connectivity index (χ1) is 21.5. The zero-order valence-electron chi connectivity index (χ0n) is 25.8. The van der Waals surface area contributed by atoms with E-state index in [0.29, 0.717) is 24.3 Å².